The topological polar surface area (TPSA) is 150 Å². The van der Waals surface area contributed by atoms with Crippen molar-refractivity contribution in [3.05, 3.63) is 101 Å². The lowest BCUT2D eigenvalue weighted by molar-refractivity contribution is -0.125. The van der Waals surface area contributed by atoms with E-state index in [0.29, 0.717) is 11.6 Å². The first-order valence-corrected chi connectivity index (χ1v) is 16.5. The number of aliphatic hydroxyl groups is 2. The summed E-state index contributed by atoms with van der Waals surface area (Å²) in [5.74, 6) is -2.51. The van der Waals surface area contributed by atoms with Crippen molar-refractivity contribution in [3.8, 4) is 0 Å². The van der Waals surface area contributed by atoms with Crippen LogP contribution in [-0.4, -0.2) is 88.5 Å². The van der Waals surface area contributed by atoms with Gasteiger partial charge in [-0.2, -0.15) is 11.8 Å². The van der Waals surface area contributed by atoms with E-state index in [1.54, 1.807) is 42.5 Å². The summed E-state index contributed by atoms with van der Waals surface area (Å²) >= 11 is 1.46. The maximum absolute atomic E-state index is 14.2. The standard InChI is InChI=1S/C34H42F2N4O6S/c1-3-4-15-47-21-29(40-33(44)24-11-8-13-37-20-24)34(45)39-28(18-22-16-25(35)19-26(36)17-22)31(42)30(41)27(12-14-46-2)38-32(43)23-9-6-5-7-10-23/h5-11,13,16-17,19-20,27-31,41-42H,3-4,12,14-15,18,21H2,1-2H3,(H,38,43)(H,39,45)(H,40,44). The molecule has 47 heavy (non-hydrogen) atoms. The largest absolute Gasteiger partial charge is 0.388 e. The summed E-state index contributed by atoms with van der Waals surface area (Å²) in [5.41, 5.74) is 0.666. The fraction of sp³-hybridized carbons (Fsp3) is 0.412. The Hall–Kier alpha value is -3.91. The maximum atomic E-state index is 14.2. The van der Waals surface area contributed by atoms with Crippen LogP contribution in [0.3, 0.4) is 0 Å². The predicted molar refractivity (Wildman–Crippen MR) is 176 cm³/mol. The van der Waals surface area contributed by atoms with E-state index in [-0.39, 0.29) is 36.3 Å². The van der Waals surface area contributed by atoms with E-state index in [4.69, 9.17) is 4.74 Å². The number of unbranched alkanes of at least 4 members (excludes halogenated alkanes) is 1. The number of carbonyl (C=O) groups is 3. The van der Waals surface area contributed by atoms with Crippen molar-refractivity contribution in [2.75, 3.05) is 25.2 Å². The molecule has 5 atom stereocenters. The number of nitrogens with zero attached hydrogens (tertiary/aromatic N) is 1. The normalized spacial score (nSPS) is 14.3. The number of nitrogens with one attached hydrogen (secondary N) is 3. The molecule has 0 aliphatic carbocycles. The van der Waals surface area contributed by atoms with Gasteiger partial charge in [-0.25, -0.2) is 8.78 Å². The fourth-order valence-corrected chi connectivity index (χ4v) is 5.91. The first-order chi connectivity index (χ1) is 22.6. The van der Waals surface area contributed by atoms with E-state index in [2.05, 4.69) is 20.9 Å². The molecule has 13 heteroatoms. The van der Waals surface area contributed by atoms with Gasteiger partial charge in [0.25, 0.3) is 11.8 Å². The van der Waals surface area contributed by atoms with Crippen LogP contribution in [-0.2, 0) is 16.0 Å². The van der Waals surface area contributed by atoms with Crippen molar-refractivity contribution in [1.82, 2.24) is 20.9 Å². The molecule has 254 valence electrons. The SMILES string of the molecule is CCCCSCC(NC(=O)c1cccnc1)C(=O)NC(Cc1cc(F)cc(F)c1)C(O)C(O)C(CCOC)NC(=O)c1ccccc1. The number of hydrogen-bond donors (Lipinski definition) is 5. The molecule has 0 radical (unpaired) electrons. The van der Waals surface area contributed by atoms with E-state index in [1.807, 2.05) is 6.92 Å². The van der Waals surface area contributed by atoms with Crippen LogP contribution >= 0.6 is 11.8 Å². The highest BCUT2D eigenvalue weighted by molar-refractivity contribution is 7.99. The van der Waals surface area contributed by atoms with Crippen molar-refractivity contribution in [3.63, 3.8) is 0 Å². The first kappa shape index (κ1) is 37.5. The highest BCUT2D eigenvalue weighted by atomic mass is 32.2. The van der Waals surface area contributed by atoms with E-state index < -0.39 is 59.7 Å². The van der Waals surface area contributed by atoms with E-state index in [0.717, 1.165) is 30.7 Å². The molecule has 3 aromatic rings. The molecule has 0 aliphatic heterocycles. The summed E-state index contributed by atoms with van der Waals surface area (Å²) in [6, 6.07) is 10.8. The Morgan fingerprint density at radius 2 is 1.55 bits per heavy atom. The third kappa shape index (κ3) is 12.3. The number of benzene rings is 2. The van der Waals surface area contributed by atoms with Gasteiger partial charge in [0, 0.05) is 43.5 Å². The monoisotopic (exact) mass is 672 g/mol. The third-order valence-corrected chi connectivity index (χ3v) is 8.48. The fourth-order valence-electron chi connectivity index (χ4n) is 4.78. The zero-order chi connectivity index (χ0) is 34.2. The molecule has 5 N–H and O–H groups in total. The molecule has 0 fully saturated rings. The smallest absolute Gasteiger partial charge is 0.253 e. The molecule has 3 amide bonds. The second kappa shape index (κ2) is 19.7. The predicted octanol–water partition coefficient (Wildman–Crippen LogP) is 3.28. The Bertz CT molecular complexity index is 1400. The molecule has 0 bridgehead atoms. The van der Waals surface area contributed by atoms with Gasteiger partial charge in [0.2, 0.25) is 5.91 Å². The van der Waals surface area contributed by atoms with Gasteiger partial charge in [-0.1, -0.05) is 31.5 Å². The molecule has 2 aromatic carbocycles. The van der Waals surface area contributed by atoms with Crippen molar-refractivity contribution in [2.24, 2.45) is 0 Å². The highest BCUT2D eigenvalue weighted by Gasteiger charge is 2.36. The second-order valence-corrected chi connectivity index (χ2v) is 12.2. The zero-order valence-electron chi connectivity index (χ0n) is 26.4. The van der Waals surface area contributed by atoms with Crippen LogP contribution in [0.15, 0.2) is 73.1 Å². The van der Waals surface area contributed by atoms with Gasteiger partial charge >= 0.3 is 0 Å². The lowest BCUT2D eigenvalue weighted by atomic mass is 9.92. The summed E-state index contributed by atoms with van der Waals surface area (Å²) in [5, 5.41) is 31.1. The van der Waals surface area contributed by atoms with Crippen LogP contribution in [0.2, 0.25) is 0 Å². The summed E-state index contributed by atoms with van der Waals surface area (Å²) in [6.45, 7) is 2.15. The second-order valence-electron chi connectivity index (χ2n) is 11.0. The van der Waals surface area contributed by atoms with Crippen molar-refractivity contribution >= 4 is 29.5 Å². The number of methoxy groups -OCH3 is 1. The number of amides is 3. The minimum Gasteiger partial charge on any atom is -0.388 e. The maximum Gasteiger partial charge on any atom is 0.253 e. The molecule has 1 aromatic heterocycles. The number of pyridine rings is 1. The van der Waals surface area contributed by atoms with Gasteiger partial charge in [0.15, 0.2) is 0 Å². The van der Waals surface area contributed by atoms with Crippen molar-refractivity contribution < 1.29 is 38.1 Å². The van der Waals surface area contributed by atoms with Crippen LogP contribution in [0.25, 0.3) is 0 Å². The summed E-state index contributed by atoms with van der Waals surface area (Å²) < 4.78 is 33.5. The van der Waals surface area contributed by atoms with Crippen LogP contribution in [0.4, 0.5) is 8.78 Å². The Balaban J connectivity index is 1.89. The van der Waals surface area contributed by atoms with E-state index in [1.165, 1.54) is 31.3 Å². The van der Waals surface area contributed by atoms with Crippen LogP contribution < -0.4 is 16.0 Å². The van der Waals surface area contributed by atoms with Gasteiger partial charge < -0.3 is 30.9 Å². The first-order valence-electron chi connectivity index (χ1n) is 15.4. The number of thioether (sulfide) groups is 1. The van der Waals surface area contributed by atoms with E-state index in [9.17, 15) is 33.4 Å². The number of aliphatic hydroxyl groups excluding tert-OH is 2. The average Bonchev–Trinajstić information content (AvgIpc) is 3.07. The van der Waals surface area contributed by atoms with Crippen molar-refractivity contribution in [2.45, 2.75) is 62.9 Å². The van der Waals surface area contributed by atoms with Gasteiger partial charge in [0.1, 0.15) is 29.9 Å². The number of hydrogen-bond acceptors (Lipinski definition) is 8. The minimum atomic E-state index is -1.73. The van der Waals surface area contributed by atoms with Gasteiger partial charge in [-0.15, -0.1) is 0 Å². The molecular weight excluding hydrogens is 630 g/mol. The van der Waals surface area contributed by atoms with Gasteiger partial charge in [-0.05, 0) is 67.0 Å². The van der Waals surface area contributed by atoms with Crippen LogP contribution in [0, 0.1) is 11.6 Å². The molecule has 1 heterocycles. The molecule has 0 spiro atoms. The number of aromatic nitrogens is 1. The van der Waals surface area contributed by atoms with Crippen LogP contribution in [0.1, 0.15) is 52.5 Å². The molecule has 3 rings (SSSR count). The van der Waals surface area contributed by atoms with Crippen molar-refractivity contribution in [1.29, 1.82) is 0 Å². The highest BCUT2D eigenvalue weighted by Crippen LogP contribution is 2.17. The summed E-state index contributed by atoms with van der Waals surface area (Å²) in [7, 11) is 1.44. The Morgan fingerprint density at radius 3 is 2.19 bits per heavy atom. The number of ether oxygens (including phenoxy) is 1. The Labute approximate surface area is 277 Å². The molecule has 5 unspecified atom stereocenters. The quantitative estimate of drug-likeness (QED) is 0.122. The van der Waals surface area contributed by atoms with Crippen LogP contribution in [0.5, 0.6) is 0 Å². The van der Waals surface area contributed by atoms with E-state index >= 15 is 0 Å². The van der Waals surface area contributed by atoms with Gasteiger partial charge in [0.05, 0.1) is 17.6 Å². The molecule has 0 aliphatic rings. The van der Waals surface area contributed by atoms with Gasteiger partial charge in [-0.3, -0.25) is 19.4 Å². The molecular formula is C34H42F2N4O6S. The molecule has 0 saturated heterocycles. The minimum absolute atomic E-state index is 0.0976. The summed E-state index contributed by atoms with van der Waals surface area (Å²) in [6.07, 6.45) is 1.14. The number of rotatable bonds is 19. The average molecular weight is 673 g/mol. The summed E-state index contributed by atoms with van der Waals surface area (Å²) in [4.78, 5) is 43.7. The zero-order valence-corrected chi connectivity index (χ0v) is 27.2. The molecule has 10 nitrogen and oxygen atoms in total. The number of carbonyl (C=O) groups excluding carboxylic acids is 3. The third-order valence-electron chi connectivity index (χ3n) is 7.34. The Morgan fingerprint density at radius 1 is 0.894 bits per heavy atom. The Kier molecular flexibility index (Phi) is 15.7. The lowest BCUT2D eigenvalue weighted by Gasteiger charge is -2.33. The lowest BCUT2D eigenvalue weighted by Crippen LogP contribution is -2.59. The number of halogens is 2. The molecule has 0 saturated carbocycles.